The molecule has 0 spiro atoms. The summed E-state index contributed by atoms with van der Waals surface area (Å²) in [4.78, 5) is 12.6. The zero-order chi connectivity index (χ0) is 28.2. The fourth-order valence-electron chi connectivity index (χ4n) is 5.32. The molecule has 6 rings (SSSR count). The number of carbonyl (C=O) groups is 1. The van der Waals surface area contributed by atoms with Gasteiger partial charge >= 0.3 is 0 Å². The molecule has 4 aromatic carbocycles. The van der Waals surface area contributed by atoms with Gasteiger partial charge in [0.05, 0.1) is 24.1 Å². The summed E-state index contributed by atoms with van der Waals surface area (Å²) in [6, 6.07) is 21.2. The molecule has 204 valence electrons. The lowest BCUT2D eigenvalue weighted by atomic mass is 10.00. The molecule has 0 unspecified atom stereocenters. The minimum Gasteiger partial charge on any atom is -0.460 e. The monoisotopic (exact) mass is 620 g/mol. The molecule has 0 aliphatic heterocycles. The van der Waals surface area contributed by atoms with Gasteiger partial charge in [0, 0.05) is 22.3 Å². The zero-order valence-corrected chi connectivity index (χ0v) is 24.1. The number of hydrogen-bond acceptors (Lipinski definition) is 4. The minimum absolute atomic E-state index is 0.129. The van der Waals surface area contributed by atoms with Crippen LogP contribution in [-0.4, -0.2) is 20.6 Å². The highest BCUT2D eigenvalue weighted by Crippen LogP contribution is 2.47. The van der Waals surface area contributed by atoms with Gasteiger partial charge in [-0.05, 0) is 70.5 Å². The number of benzene rings is 4. The lowest BCUT2D eigenvalue weighted by molar-refractivity contribution is 0.1000. The molecular weight excluding hydrogens is 595 g/mol. The van der Waals surface area contributed by atoms with Crippen molar-refractivity contribution in [2.75, 3.05) is 10.6 Å². The third-order valence-corrected chi connectivity index (χ3v) is 9.21. The molecule has 9 heteroatoms. The number of furan rings is 1. The molecule has 1 aromatic heterocycles. The van der Waals surface area contributed by atoms with Gasteiger partial charge < -0.3 is 10.2 Å². The molecule has 1 heterocycles. The van der Waals surface area contributed by atoms with Crippen molar-refractivity contribution in [2.45, 2.75) is 31.7 Å². The second-order valence-electron chi connectivity index (χ2n) is 10.3. The maximum absolute atomic E-state index is 13.5. The van der Waals surface area contributed by atoms with E-state index in [1.807, 2.05) is 42.5 Å². The van der Waals surface area contributed by atoms with E-state index in [4.69, 9.17) is 10.2 Å². The molecule has 1 amide bonds. The van der Waals surface area contributed by atoms with E-state index >= 15 is 0 Å². The number of primary amides is 1. The molecule has 2 N–H and O–H groups in total. The maximum Gasteiger partial charge on any atom is 0.252 e. The normalized spacial score (nSPS) is 13.7. The van der Waals surface area contributed by atoms with Gasteiger partial charge in [-0.3, -0.25) is 9.10 Å². The molecule has 0 saturated heterocycles. The molecule has 1 aliphatic carbocycles. The van der Waals surface area contributed by atoms with Gasteiger partial charge in [-0.25, -0.2) is 12.8 Å². The van der Waals surface area contributed by atoms with Crippen LogP contribution < -0.4 is 10.0 Å². The largest absolute Gasteiger partial charge is 0.460 e. The van der Waals surface area contributed by atoms with Gasteiger partial charge in [0.1, 0.15) is 17.2 Å². The van der Waals surface area contributed by atoms with Crippen LogP contribution in [0.3, 0.4) is 0 Å². The average molecular weight is 622 g/mol. The highest BCUT2D eigenvalue weighted by atomic mass is 79.9. The van der Waals surface area contributed by atoms with Gasteiger partial charge in [0.2, 0.25) is 10.0 Å². The summed E-state index contributed by atoms with van der Waals surface area (Å²) >= 11 is 3.60. The summed E-state index contributed by atoms with van der Waals surface area (Å²) in [6.45, 7) is 0.129. The highest BCUT2D eigenvalue weighted by Gasteiger charge is 2.33. The lowest BCUT2D eigenvalue weighted by Crippen LogP contribution is -2.30. The van der Waals surface area contributed by atoms with Crippen LogP contribution in [0.1, 0.15) is 51.6 Å². The number of rotatable bonds is 8. The minimum atomic E-state index is -3.71. The maximum atomic E-state index is 13.5. The van der Waals surface area contributed by atoms with Crippen LogP contribution in [0.4, 0.5) is 10.1 Å². The van der Waals surface area contributed by atoms with E-state index in [2.05, 4.69) is 15.9 Å². The second-order valence-corrected chi connectivity index (χ2v) is 13.0. The predicted molar refractivity (Wildman–Crippen MR) is 159 cm³/mol. The van der Waals surface area contributed by atoms with Gasteiger partial charge in [-0.2, -0.15) is 0 Å². The van der Waals surface area contributed by atoms with E-state index in [0.29, 0.717) is 22.4 Å². The first-order chi connectivity index (χ1) is 19.1. The number of nitrogens with two attached hydrogens (primary N) is 1. The quantitative estimate of drug-likeness (QED) is 0.202. The average Bonchev–Trinajstić information content (AvgIpc) is 3.69. The fourth-order valence-corrected chi connectivity index (χ4v) is 6.68. The molecule has 1 fully saturated rings. The molecule has 6 nitrogen and oxygen atoms in total. The van der Waals surface area contributed by atoms with Crippen molar-refractivity contribution in [3.8, 4) is 0 Å². The number of hydrogen-bond donors (Lipinski definition) is 1. The first-order valence-electron chi connectivity index (χ1n) is 12.9. The fraction of sp³-hybridized carbons (Fsp3) is 0.194. The van der Waals surface area contributed by atoms with E-state index in [0.717, 1.165) is 44.8 Å². The van der Waals surface area contributed by atoms with Crippen molar-refractivity contribution in [1.29, 1.82) is 0 Å². The third-order valence-electron chi connectivity index (χ3n) is 7.40. The summed E-state index contributed by atoms with van der Waals surface area (Å²) in [5, 5.41) is 2.50. The van der Waals surface area contributed by atoms with Crippen LogP contribution in [-0.2, 0) is 23.0 Å². The summed E-state index contributed by atoms with van der Waals surface area (Å²) in [6.07, 6.45) is 3.28. The SMILES string of the molecule is CS(=O)(=O)N(Cc1ccc(Br)c2ccccc12)c1cc2oc(Cc3ccc(F)cc3)c(C(N)=O)c2cc1C1CC1. The summed E-state index contributed by atoms with van der Waals surface area (Å²) in [5.41, 5.74) is 9.44. The summed E-state index contributed by atoms with van der Waals surface area (Å²) < 4.78 is 48.6. The Morgan fingerprint density at radius 1 is 1.02 bits per heavy atom. The number of nitrogens with zero attached hydrogens (tertiary/aromatic N) is 1. The zero-order valence-electron chi connectivity index (χ0n) is 21.7. The van der Waals surface area contributed by atoms with Crippen LogP contribution in [0.15, 0.2) is 81.7 Å². The van der Waals surface area contributed by atoms with Gasteiger partial charge in [-0.15, -0.1) is 0 Å². The van der Waals surface area contributed by atoms with Crippen LogP contribution in [0.25, 0.3) is 21.7 Å². The van der Waals surface area contributed by atoms with Crippen molar-refractivity contribution in [3.63, 3.8) is 0 Å². The Morgan fingerprint density at radius 3 is 2.38 bits per heavy atom. The van der Waals surface area contributed by atoms with E-state index in [1.54, 1.807) is 18.2 Å². The number of amides is 1. The van der Waals surface area contributed by atoms with E-state index in [-0.39, 0.29) is 30.3 Å². The van der Waals surface area contributed by atoms with Crippen molar-refractivity contribution in [1.82, 2.24) is 0 Å². The predicted octanol–water partition coefficient (Wildman–Crippen LogP) is 7.02. The Balaban J connectivity index is 1.51. The molecule has 0 bridgehead atoms. The van der Waals surface area contributed by atoms with Crippen molar-refractivity contribution >= 4 is 59.3 Å². The molecule has 40 heavy (non-hydrogen) atoms. The Bertz CT molecular complexity index is 1900. The van der Waals surface area contributed by atoms with Gasteiger partial charge in [0.15, 0.2) is 0 Å². The lowest BCUT2D eigenvalue weighted by Gasteiger charge is -2.26. The molecule has 1 aliphatic rings. The Hall–Kier alpha value is -3.69. The van der Waals surface area contributed by atoms with Crippen LogP contribution >= 0.6 is 15.9 Å². The number of carbonyl (C=O) groups excluding carboxylic acids is 1. The molecule has 1 saturated carbocycles. The van der Waals surface area contributed by atoms with Crippen LogP contribution in [0.5, 0.6) is 0 Å². The molecule has 0 atom stereocenters. The first kappa shape index (κ1) is 26.5. The number of sulfonamides is 1. The standard InChI is InChI=1S/C31H26BrFN2O4S/c1-40(37,38)35(17-20-10-13-26(32)23-5-3-2-4-22(20)23)27-16-28-25(15-24(27)19-8-9-19)30(31(34)36)29(39-28)14-18-6-11-21(33)12-7-18/h2-7,10-13,15-16,19H,8-9,14,17H2,1H3,(H2,34,36). The topological polar surface area (TPSA) is 93.6 Å². The number of halogens is 2. The van der Waals surface area contributed by atoms with E-state index < -0.39 is 15.9 Å². The van der Waals surface area contributed by atoms with Crippen LogP contribution in [0.2, 0.25) is 0 Å². The number of anilines is 1. The summed E-state index contributed by atoms with van der Waals surface area (Å²) in [5.74, 6) is -0.465. The Labute approximate surface area is 239 Å². The van der Waals surface area contributed by atoms with Crippen molar-refractivity contribution in [3.05, 3.63) is 111 Å². The van der Waals surface area contributed by atoms with Crippen LogP contribution in [0, 0.1) is 5.82 Å². The molecular formula is C31H26BrFN2O4S. The van der Waals surface area contributed by atoms with Gasteiger partial charge in [0.25, 0.3) is 5.91 Å². The smallest absolute Gasteiger partial charge is 0.252 e. The van der Waals surface area contributed by atoms with Gasteiger partial charge in [-0.1, -0.05) is 58.4 Å². The van der Waals surface area contributed by atoms with Crippen molar-refractivity contribution in [2.24, 2.45) is 5.73 Å². The number of fused-ring (bicyclic) bond motifs is 2. The highest BCUT2D eigenvalue weighted by molar-refractivity contribution is 9.10. The third kappa shape index (κ3) is 4.99. The Morgan fingerprint density at radius 2 is 1.73 bits per heavy atom. The van der Waals surface area contributed by atoms with E-state index in [9.17, 15) is 17.6 Å². The Kier molecular flexibility index (Phi) is 6.67. The first-order valence-corrected chi connectivity index (χ1v) is 15.5. The molecule has 0 radical (unpaired) electrons. The van der Waals surface area contributed by atoms with Crippen molar-refractivity contribution < 1.29 is 22.0 Å². The molecule has 5 aromatic rings. The van der Waals surface area contributed by atoms with E-state index in [1.165, 1.54) is 22.7 Å². The second kappa shape index (κ2) is 10.1. The summed E-state index contributed by atoms with van der Waals surface area (Å²) in [7, 11) is -3.71.